The van der Waals surface area contributed by atoms with Crippen molar-refractivity contribution in [3.05, 3.63) is 70.8 Å². The molecular formula is C24H25F2N7O. The maximum Gasteiger partial charge on any atom is 0.255 e. The van der Waals surface area contributed by atoms with Crippen LogP contribution < -0.4 is 15.5 Å². The Hall–Kier alpha value is -3.66. The number of anilines is 2. The lowest BCUT2D eigenvalue weighted by atomic mass is 10.2. The highest BCUT2D eigenvalue weighted by Crippen LogP contribution is 2.29. The van der Waals surface area contributed by atoms with Crippen LogP contribution in [0.15, 0.2) is 58.7 Å². The first kappa shape index (κ1) is 22.1. The van der Waals surface area contributed by atoms with Gasteiger partial charge in [0.05, 0.1) is 17.6 Å². The summed E-state index contributed by atoms with van der Waals surface area (Å²) in [5, 5.41) is 6.53. The predicted molar refractivity (Wildman–Crippen MR) is 127 cm³/mol. The van der Waals surface area contributed by atoms with Crippen molar-refractivity contribution in [2.24, 2.45) is 12.1 Å². The number of benzene rings is 1. The molecule has 34 heavy (non-hydrogen) atoms. The molecule has 0 N–H and O–H groups in total. The quantitative estimate of drug-likeness (QED) is 0.590. The van der Waals surface area contributed by atoms with Crippen LogP contribution in [0.25, 0.3) is 11.3 Å². The number of aromatic nitrogens is 3. The van der Waals surface area contributed by atoms with E-state index in [0.717, 1.165) is 24.0 Å². The molecular weight excluding hydrogens is 440 g/mol. The van der Waals surface area contributed by atoms with E-state index in [1.165, 1.54) is 35.0 Å². The minimum atomic E-state index is -0.520. The van der Waals surface area contributed by atoms with Gasteiger partial charge in [-0.25, -0.2) is 18.8 Å². The molecule has 0 spiro atoms. The summed E-state index contributed by atoms with van der Waals surface area (Å²) in [6.45, 7) is 4.67. The van der Waals surface area contributed by atoms with E-state index < -0.39 is 5.82 Å². The van der Waals surface area contributed by atoms with Crippen molar-refractivity contribution in [3.63, 3.8) is 0 Å². The standard InChI is InChI=1S/C24H25F2N7O/c1-16-12-22(33(29-16)18-5-3-4-17(25)13-18)31-8-10-32(11-9-31)24-28-21(14-23(34)30(24)2)19-6-7-27-15-20(19)26/h3-7,13-15,22H,8-12H2,1-2H3. The molecule has 1 aromatic carbocycles. The van der Waals surface area contributed by atoms with Crippen LogP contribution in [0.5, 0.6) is 0 Å². The number of hydrogen-bond acceptors (Lipinski definition) is 7. The molecule has 2 aliphatic rings. The van der Waals surface area contributed by atoms with Gasteiger partial charge in [0.2, 0.25) is 5.95 Å². The first-order chi connectivity index (χ1) is 16.4. The first-order valence-corrected chi connectivity index (χ1v) is 11.2. The van der Waals surface area contributed by atoms with Crippen LogP contribution in [0.1, 0.15) is 13.3 Å². The topological polar surface area (TPSA) is 69.9 Å². The lowest BCUT2D eigenvalue weighted by Crippen LogP contribution is -2.54. The zero-order chi connectivity index (χ0) is 23.8. The van der Waals surface area contributed by atoms with Gasteiger partial charge in [0.25, 0.3) is 5.56 Å². The van der Waals surface area contributed by atoms with Crippen molar-refractivity contribution < 1.29 is 8.78 Å². The van der Waals surface area contributed by atoms with E-state index in [1.54, 1.807) is 13.1 Å². The second-order valence-corrected chi connectivity index (χ2v) is 8.56. The maximum atomic E-state index is 14.3. The number of halogens is 2. The van der Waals surface area contributed by atoms with Gasteiger partial charge in [-0.1, -0.05) is 6.07 Å². The summed E-state index contributed by atoms with van der Waals surface area (Å²) in [7, 11) is 1.67. The van der Waals surface area contributed by atoms with Gasteiger partial charge in [0, 0.05) is 63.2 Å². The Morgan fingerprint density at radius 1 is 1.06 bits per heavy atom. The molecule has 3 aromatic rings. The summed E-state index contributed by atoms with van der Waals surface area (Å²) in [6, 6.07) is 9.32. The van der Waals surface area contributed by atoms with Crippen molar-refractivity contribution in [3.8, 4) is 11.3 Å². The largest absolute Gasteiger partial charge is 0.340 e. The summed E-state index contributed by atoms with van der Waals surface area (Å²) in [5.74, 6) is -0.314. The number of nitrogens with zero attached hydrogens (tertiary/aromatic N) is 7. The molecule has 2 aromatic heterocycles. The Morgan fingerprint density at radius 2 is 1.85 bits per heavy atom. The third-order valence-corrected chi connectivity index (χ3v) is 6.29. The van der Waals surface area contributed by atoms with Crippen LogP contribution >= 0.6 is 0 Å². The summed E-state index contributed by atoms with van der Waals surface area (Å²) >= 11 is 0. The molecule has 0 amide bonds. The van der Waals surface area contributed by atoms with Crippen LogP contribution in [-0.4, -0.2) is 57.5 Å². The van der Waals surface area contributed by atoms with Crippen molar-refractivity contribution in [1.82, 2.24) is 19.4 Å². The number of pyridine rings is 1. The molecule has 1 saturated heterocycles. The SMILES string of the molecule is CC1=NN(c2cccc(F)c2)C(N2CCN(c3nc(-c4ccncc4F)cc(=O)n3C)CC2)C1. The normalized spacial score (nSPS) is 18.9. The fraction of sp³-hybridized carbons (Fsp3) is 0.333. The zero-order valence-corrected chi connectivity index (χ0v) is 19.0. The minimum Gasteiger partial charge on any atom is -0.340 e. The number of rotatable bonds is 4. The average Bonchev–Trinajstić information content (AvgIpc) is 3.23. The predicted octanol–water partition coefficient (Wildman–Crippen LogP) is 2.85. The number of hydrazone groups is 1. The third kappa shape index (κ3) is 4.16. The Balaban J connectivity index is 1.36. The molecule has 5 rings (SSSR count). The molecule has 0 radical (unpaired) electrons. The molecule has 1 fully saturated rings. The summed E-state index contributed by atoms with van der Waals surface area (Å²) in [6.07, 6.45) is 3.36. The van der Waals surface area contributed by atoms with Crippen molar-refractivity contribution in [1.29, 1.82) is 0 Å². The van der Waals surface area contributed by atoms with Crippen LogP contribution in [0.3, 0.4) is 0 Å². The molecule has 176 valence electrons. The van der Waals surface area contributed by atoms with Crippen molar-refractivity contribution >= 4 is 17.3 Å². The van der Waals surface area contributed by atoms with Gasteiger partial charge in [-0.2, -0.15) is 5.10 Å². The smallest absolute Gasteiger partial charge is 0.255 e. The molecule has 2 aliphatic heterocycles. The van der Waals surface area contributed by atoms with Crippen molar-refractivity contribution in [2.45, 2.75) is 19.5 Å². The van der Waals surface area contributed by atoms with Gasteiger partial charge < -0.3 is 4.90 Å². The minimum absolute atomic E-state index is 0.00187. The van der Waals surface area contributed by atoms with Crippen LogP contribution in [0.2, 0.25) is 0 Å². The maximum absolute atomic E-state index is 14.3. The van der Waals surface area contributed by atoms with Crippen LogP contribution in [-0.2, 0) is 7.05 Å². The molecule has 8 nitrogen and oxygen atoms in total. The first-order valence-electron chi connectivity index (χ1n) is 11.2. The van der Waals surface area contributed by atoms with E-state index >= 15 is 0 Å². The third-order valence-electron chi connectivity index (χ3n) is 6.29. The average molecular weight is 466 g/mol. The van der Waals surface area contributed by atoms with Gasteiger partial charge >= 0.3 is 0 Å². The monoisotopic (exact) mass is 465 g/mol. The van der Waals surface area contributed by atoms with Crippen molar-refractivity contribution in [2.75, 3.05) is 36.1 Å². The number of piperazine rings is 1. The van der Waals surface area contributed by atoms with Gasteiger partial charge in [0.1, 0.15) is 12.0 Å². The summed E-state index contributed by atoms with van der Waals surface area (Å²) in [4.78, 5) is 25.4. The lowest BCUT2D eigenvalue weighted by molar-refractivity contribution is 0.189. The molecule has 1 unspecified atom stereocenters. The fourth-order valence-electron chi connectivity index (χ4n) is 4.53. The lowest BCUT2D eigenvalue weighted by Gasteiger charge is -2.41. The van der Waals surface area contributed by atoms with Crippen LogP contribution in [0, 0.1) is 11.6 Å². The summed E-state index contributed by atoms with van der Waals surface area (Å²) in [5.41, 5.74) is 2.00. The van der Waals surface area contributed by atoms with Gasteiger partial charge in [-0.3, -0.25) is 19.2 Å². The molecule has 0 saturated carbocycles. The van der Waals surface area contributed by atoms with Gasteiger partial charge in [0.15, 0.2) is 5.82 Å². The second kappa shape index (κ2) is 8.94. The Bertz CT molecular complexity index is 1300. The molecule has 1 atom stereocenters. The second-order valence-electron chi connectivity index (χ2n) is 8.56. The van der Waals surface area contributed by atoms with Gasteiger partial charge in [-0.15, -0.1) is 0 Å². The van der Waals surface area contributed by atoms with E-state index in [1.807, 2.05) is 22.9 Å². The van der Waals surface area contributed by atoms with E-state index in [4.69, 9.17) is 0 Å². The molecule has 0 bridgehead atoms. The zero-order valence-electron chi connectivity index (χ0n) is 19.0. The molecule has 0 aliphatic carbocycles. The molecule has 10 heteroatoms. The highest BCUT2D eigenvalue weighted by atomic mass is 19.1. The Labute approximate surface area is 195 Å². The number of hydrogen-bond donors (Lipinski definition) is 0. The van der Waals surface area contributed by atoms with E-state index in [-0.39, 0.29) is 28.8 Å². The van der Waals surface area contributed by atoms with E-state index in [9.17, 15) is 13.6 Å². The van der Waals surface area contributed by atoms with E-state index in [0.29, 0.717) is 32.1 Å². The highest BCUT2D eigenvalue weighted by molar-refractivity contribution is 5.86. The molecule has 4 heterocycles. The Kier molecular flexibility index (Phi) is 5.82. The highest BCUT2D eigenvalue weighted by Gasteiger charge is 2.34. The Morgan fingerprint density at radius 3 is 2.59 bits per heavy atom. The fourth-order valence-corrected chi connectivity index (χ4v) is 4.53. The van der Waals surface area contributed by atoms with Crippen LogP contribution in [0.4, 0.5) is 20.4 Å². The summed E-state index contributed by atoms with van der Waals surface area (Å²) < 4.78 is 29.6. The van der Waals surface area contributed by atoms with Gasteiger partial charge in [-0.05, 0) is 31.2 Å². The van der Waals surface area contributed by atoms with E-state index in [2.05, 4.69) is 20.0 Å².